The van der Waals surface area contributed by atoms with Gasteiger partial charge in [0.2, 0.25) is 65.0 Å². The number of methoxy groups -OCH3 is 1. The number of aliphatic hydroxyl groups excluding tert-OH is 1. The highest BCUT2D eigenvalue weighted by atomic mass is 33.1. The predicted octanol–water partition coefficient (Wildman–Crippen LogP) is 5.75. The number of hydrogen-bond acceptors (Lipinski definition) is 24. The van der Waals surface area contributed by atoms with Gasteiger partial charge in [-0.15, -0.1) is 0 Å². The number of likely N-dealkylation sites (N-methyl/N-ethyl adjacent to an activating group) is 7. The summed E-state index contributed by atoms with van der Waals surface area (Å²) < 4.78 is 4.80. The summed E-state index contributed by atoms with van der Waals surface area (Å²) in [5.74, 6) is -10.2. The Bertz CT molecular complexity index is 4260. The van der Waals surface area contributed by atoms with E-state index in [1.54, 1.807) is 87.5 Å². The number of esters is 1. The summed E-state index contributed by atoms with van der Waals surface area (Å²) in [6.07, 6.45) is 9.91. The largest absolute Gasteiger partial charge is 0.508 e. The van der Waals surface area contributed by atoms with E-state index in [1.165, 1.54) is 127 Å². The number of ketones is 2. The average Bonchev–Trinajstić information content (AvgIpc) is 0.935. The highest BCUT2D eigenvalue weighted by Crippen LogP contribution is 2.31. The van der Waals surface area contributed by atoms with Gasteiger partial charge in [0.25, 0.3) is 11.8 Å². The van der Waals surface area contributed by atoms with Crippen LogP contribution in [0.25, 0.3) is 0 Å². The number of nitrogens with zero attached hydrogens (tertiary/aromatic N) is 10. The van der Waals surface area contributed by atoms with E-state index in [0.717, 1.165) is 15.7 Å². The highest BCUT2D eigenvalue weighted by Gasteiger charge is 2.46. The molecule has 0 bridgehead atoms. The minimum atomic E-state index is -1.48. The minimum Gasteiger partial charge on any atom is -0.508 e. The number of allylic oxidation sites excluding steroid dienone is 3. The number of nitrogens with one attached hydrogen (secondary N) is 6. The SMILES string of the molecule is C=C1C=CC(=O)N1CC(=O)N[C@H](C(=O)N[C@@H](Cc1cccc(O)c1)C(=O)N1CCC[C@@H](C(=O)OC)N1)C(C)C.C=C1CN(C)C(=O)CN(C)C(=O)[C@H](CC)CC(=O)[C@H]([C@H](O)[C@H](C)C/C=C/C)N(C)C(=O)[C@H](C(C)C)N(C)C(=O)[C@H](CC(C)C)N(C)C(=O)[C@H](CC(C)C)N(C)C(=O)[C@@H](C)NC(=O)CCC(=O)CN(C)C(=O)[C@H](CCCCNC(=O)CCCSSc2ccccn2)N1. The first-order chi connectivity index (χ1) is 61.2. The number of Topliss-reactive ketones (excluding diaryl/α,β-unsaturated/α-hetero) is 2. The molecule has 12 atom stereocenters. The number of unbranched alkanes of at least 4 members (excludes halogenated alkanes) is 1. The fraction of sp³-hybridized carbons (Fsp3) is 0.624. The number of phenolic OH excluding ortho intramolecular Hbond substituents is 1. The van der Waals surface area contributed by atoms with Gasteiger partial charge in [0.05, 0.1) is 32.8 Å². The van der Waals surface area contributed by atoms with Crippen molar-refractivity contribution in [3.05, 3.63) is 103 Å². The molecule has 4 heterocycles. The van der Waals surface area contributed by atoms with Gasteiger partial charge in [-0.05, 0) is 154 Å². The Morgan fingerprint density at radius 2 is 1.35 bits per heavy atom. The number of carbonyl (C=O) groups excluding carboxylic acids is 16. The standard InChI is InChI=1S/C66H109N11O12S2.C27H35N5O7/c1-19-21-27-45(9)60(83)59-53(79)38-48(20-2)62(85)73(14)41-57(82)71(12)39-46(10)69-50(28-22-24-33-67-54(80)29-26-35-90-91-56-30-23-25-34-68-56)63(86)72(13)40-49(78)31-32-55(81)70-47(11)61(84)74(15)51(36-42(3)4)64(87)75(16)52(37-43(5)6)65(88)76(17)58(44(7)8)66(89)77(59)18;1-16(2)24(29-22(34)15-31-17(3)10-11-23(31)35)25(36)28-21(14-18-7-5-8-19(33)13-18)26(37)32-12-6-9-20(30-32)27(38)39-4/h19,21,23,25,30,34,42-45,47-48,50-52,58-60,69,83H,10,20,22,24,26-29,31-33,35-41H2,1-9,11-18H3,(H,67,80)(H,70,81);5,7-8,10-11,13,16,20-21,24,30,33H,3,6,9,12,14-15H2,1-2,4H3,(H,28,36)(H,29,34)/b21-19+;/t45-,47-,48-,50+,51+,52+,58+,59-,60-;20-,21-,24-/m10/s1. The molecule has 5 rings (SSSR count). The lowest BCUT2D eigenvalue weighted by Gasteiger charge is -2.41. The van der Waals surface area contributed by atoms with Crippen LogP contribution in [0.1, 0.15) is 179 Å². The molecule has 0 saturated carbocycles. The normalized spacial score (nSPS) is 21.9. The summed E-state index contributed by atoms with van der Waals surface area (Å²) in [6, 6.07) is 2.19. The Labute approximate surface area is 775 Å². The van der Waals surface area contributed by atoms with Gasteiger partial charge in [-0.25, -0.2) is 10.4 Å². The molecule has 13 amide bonds. The summed E-state index contributed by atoms with van der Waals surface area (Å²) in [5, 5.41) is 38.3. The van der Waals surface area contributed by atoms with Crippen molar-refractivity contribution in [3.63, 3.8) is 0 Å². The van der Waals surface area contributed by atoms with Gasteiger partial charge >= 0.3 is 5.97 Å². The highest BCUT2D eigenvalue weighted by molar-refractivity contribution is 8.76. The molecule has 2 saturated heterocycles. The number of benzene rings is 1. The summed E-state index contributed by atoms with van der Waals surface area (Å²) >= 11 is 0. The summed E-state index contributed by atoms with van der Waals surface area (Å²) in [6.45, 7) is 28.6. The Morgan fingerprint density at radius 3 is 1.93 bits per heavy atom. The fourth-order valence-corrected chi connectivity index (χ4v) is 17.3. The fourth-order valence-electron chi connectivity index (χ4n) is 15.3. The van der Waals surface area contributed by atoms with E-state index in [9.17, 15) is 77.3 Å². The van der Waals surface area contributed by atoms with E-state index < -0.39 is 174 Å². The van der Waals surface area contributed by atoms with Crippen LogP contribution in [-0.4, -0.2) is 316 Å². The molecule has 35 nitrogen and oxygen atoms in total. The molecule has 722 valence electrons. The first-order valence-corrected chi connectivity index (χ1v) is 47.1. The van der Waals surface area contributed by atoms with Crippen LogP contribution >= 0.6 is 21.6 Å². The number of aromatic nitrogens is 1. The Kier molecular flexibility index (Phi) is 47.8. The van der Waals surface area contributed by atoms with Crippen LogP contribution < -0.4 is 32.0 Å². The van der Waals surface area contributed by atoms with E-state index in [-0.39, 0.29) is 106 Å². The first-order valence-electron chi connectivity index (χ1n) is 44.8. The van der Waals surface area contributed by atoms with Crippen LogP contribution in [0.15, 0.2) is 103 Å². The van der Waals surface area contributed by atoms with Gasteiger partial charge in [0.1, 0.15) is 71.7 Å². The smallest absolute Gasteiger partial charge is 0.324 e. The van der Waals surface area contributed by atoms with Crippen LogP contribution in [0.2, 0.25) is 0 Å². The molecule has 2 aromatic rings. The van der Waals surface area contributed by atoms with Crippen molar-refractivity contribution >= 4 is 116 Å². The third-order valence-electron chi connectivity index (χ3n) is 22.9. The molecular formula is C93H144N16O19S2. The molecule has 37 heteroatoms. The van der Waals surface area contributed by atoms with Gasteiger partial charge in [0, 0.05) is 130 Å². The molecule has 2 fully saturated rings. The third kappa shape index (κ3) is 35.6. The molecule has 8 N–H and O–H groups in total. The predicted molar refractivity (Wildman–Crippen MR) is 498 cm³/mol. The summed E-state index contributed by atoms with van der Waals surface area (Å²) in [4.78, 5) is 234. The molecule has 1 aromatic carbocycles. The molecule has 0 unspecified atom stereocenters. The van der Waals surface area contributed by atoms with Crippen molar-refractivity contribution in [2.45, 2.75) is 245 Å². The zero-order chi connectivity index (χ0) is 97.7. The molecule has 3 aliphatic heterocycles. The van der Waals surface area contributed by atoms with Crippen molar-refractivity contribution in [3.8, 4) is 5.75 Å². The molecule has 0 aliphatic carbocycles. The number of phenols is 1. The number of aromatic hydroxyl groups is 1. The topological polar surface area (TPSA) is 437 Å². The molecule has 0 radical (unpaired) electrons. The lowest BCUT2D eigenvalue weighted by Crippen LogP contribution is -2.62. The Hall–Kier alpha value is -10.5. The number of hydrazine groups is 1. The van der Waals surface area contributed by atoms with Crippen molar-refractivity contribution in [2.75, 3.05) is 101 Å². The average molecular weight is 1850 g/mol. The molecule has 3 aliphatic rings. The lowest BCUT2D eigenvalue weighted by atomic mass is 9.86. The van der Waals surface area contributed by atoms with Gasteiger partial charge in [0.15, 0.2) is 11.6 Å². The molecular weight excluding hydrogens is 1710 g/mol. The van der Waals surface area contributed by atoms with E-state index in [0.29, 0.717) is 69.3 Å². The Balaban J connectivity index is 0.000000747. The molecule has 130 heavy (non-hydrogen) atoms. The van der Waals surface area contributed by atoms with E-state index in [1.807, 2.05) is 58.9 Å². The summed E-state index contributed by atoms with van der Waals surface area (Å²) in [7, 11) is 14.6. The number of amides is 13. The van der Waals surface area contributed by atoms with Crippen LogP contribution in [0.3, 0.4) is 0 Å². The number of rotatable bonds is 31. The van der Waals surface area contributed by atoms with Crippen LogP contribution in [0.4, 0.5) is 0 Å². The number of carbonyl (C=O) groups is 16. The maximum Gasteiger partial charge on any atom is 0.324 e. The summed E-state index contributed by atoms with van der Waals surface area (Å²) in [5.41, 5.74) is 4.11. The number of hydrogen-bond donors (Lipinski definition) is 8. The van der Waals surface area contributed by atoms with Crippen LogP contribution in [0.5, 0.6) is 5.75 Å². The minimum absolute atomic E-state index is 0.00624. The van der Waals surface area contributed by atoms with Gasteiger partial charge in [-0.1, -0.05) is 124 Å². The van der Waals surface area contributed by atoms with Crippen LogP contribution in [-0.2, 0) is 87.9 Å². The first kappa shape index (κ1) is 112. The van der Waals surface area contributed by atoms with Crippen molar-refractivity contribution in [2.24, 2.45) is 35.5 Å². The second kappa shape index (κ2) is 55.6. The van der Waals surface area contributed by atoms with Gasteiger partial charge in [-0.2, -0.15) is 0 Å². The van der Waals surface area contributed by atoms with Crippen molar-refractivity contribution in [1.29, 1.82) is 0 Å². The van der Waals surface area contributed by atoms with Gasteiger partial charge < -0.3 is 80.7 Å². The number of ether oxygens (including phenoxy) is 1. The van der Waals surface area contributed by atoms with Gasteiger partial charge in [-0.3, -0.25) is 81.7 Å². The third-order valence-corrected chi connectivity index (χ3v) is 25.2. The monoisotopic (exact) mass is 1850 g/mol. The maximum atomic E-state index is 15.1. The second-order valence-electron chi connectivity index (χ2n) is 35.4. The zero-order valence-electron chi connectivity index (χ0n) is 79.8. The van der Waals surface area contributed by atoms with Crippen molar-refractivity contribution < 1.29 is 91.7 Å². The lowest BCUT2D eigenvalue weighted by molar-refractivity contribution is -0.157. The Morgan fingerprint density at radius 1 is 0.708 bits per heavy atom. The van der Waals surface area contributed by atoms with E-state index in [2.05, 4.69) is 50.2 Å². The van der Waals surface area contributed by atoms with Crippen LogP contribution in [0, 0.1) is 35.5 Å². The van der Waals surface area contributed by atoms with Crippen molar-refractivity contribution in [1.82, 2.24) is 81.2 Å². The number of aliphatic hydroxyl groups is 1. The quantitative estimate of drug-likeness (QED) is 0.0193. The number of pyridine rings is 1. The zero-order valence-corrected chi connectivity index (χ0v) is 81.4. The molecule has 1 aromatic heterocycles. The van der Waals surface area contributed by atoms with E-state index in [4.69, 9.17) is 4.74 Å². The molecule has 0 spiro atoms. The van der Waals surface area contributed by atoms with E-state index >= 15 is 9.59 Å². The maximum absolute atomic E-state index is 15.1. The second-order valence-corrected chi connectivity index (χ2v) is 37.8.